The van der Waals surface area contributed by atoms with Crippen molar-refractivity contribution in [2.45, 2.75) is 40.0 Å². The van der Waals surface area contributed by atoms with Crippen molar-refractivity contribution in [3.8, 4) is 0 Å². The molecular formula is C10H19BO3. The van der Waals surface area contributed by atoms with Gasteiger partial charge in [0, 0.05) is 6.42 Å². The van der Waals surface area contributed by atoms with Crippen molar-refractivity contribution in [1.82, 2.24) is 0 Å². The predicted octanol–water partition coefficient (Wildman–Crippen LogP) is 1.70. The molecule has 2 N–H and O–H groups in total. The molecule has 1 unspecified atom stereocenters. The highest BCUT2D eigenvalue weighted by molar-refractivity contribution is 6.33. The van der Waals surface area contributed by atoms with Crippen molar-refractivity contribution in [2.75, 3.05) is 0 Å². The van der Waals surface area contributed by atoms with Gasteiger partial charge in [0.2, 0.25) is 0 Å². The van der Waals surface area contributed by atoms with Crippen LogP contribution in [-0.4, -0.2) is 17.4 Å². The summed E-state index contributed by atoms with van der Waals surface area (Å²) in [6.07, 6.45) is 4.80. The third-order valence-corrected chi connectivity index (χ3v) is 2.85. The van der Waals surface area contributed by atoms with E-state index in [9.17, 15) is 0 Å². The molecule has 0 radical (unpaired) electrons. The molecule has 0 spiro atoms. The molecule has 1 aliphatic carbocycles. The van der Waals surface area contributed by atoms with Gasteiger partial charge in [0.25, 0.3) is 0 Å². The molecule has 80 valence electrons. The fourth-order valence-corrected chi connectivity index (χ4v) is 1.84. The Labute approximate surface area is 86.0 Å². The third kappa shape index (κ3) is 3.35. The van der Waals surface area contributed by atoms with E-state index in [0.29, 0.717) is 17.1 Å². The van der Waals surface area contributed by atoms with Gasteiger partial charge >= 0.3 is 7.32 Å². The second-order valence-electron chi connectivity index (χ2n) is 4.95. The average Bonchev–Trinajstić information content (AvgIpc) is 2.02. The number of rotatable bonds is 2. The van der Waals surface area contributed by atoms with Gasteiger partial charge in [-0.25, -0.2) is 0 Å². The first-order valence-corrected chi connectivity index (χ1v) is 5.11. The summed E-state index contributed by atoms with van der Waals surface area (Å²) >= 11 is 0. The molecule has 0 amide bonds. The van der Waals surface area contributed by atoms with Gasteiger partial charge in [0.15, 0.2) is 0 Å². The molecule has 1 atom stereocenters. The van der Waals surface area contributed by atoms with Crippen LogP contribution in [-0.2, 0) is 4.65 Å². The zero-order valence-electron chi connectivity index (χ0n) is 9.16. The molecule has 1 rings (SSSR count). The molecule has 0 fully saturated rings. The quantitative estimate of drug-likeness (QED) is 0.664. The Morgan fingerprint density at radius 2 is 2.07 bits per heavy atom. The van der Waals surface area contributed by atoms with Gasteiger partial charge in [-0.1, -0.05) is 20.8 Å². The monoisotopic (exact) mass is 198 g/mol. The van der Waals surface area contributed by atoms with E-state index in [1.54, 1.807) is 0 Å². The molecule has 4 heteroatoms. The maximum atomic E-state index is 8.62. The van der Waals surface area contributed by atoms with Crippen LogP contribution in [0.1, 0.15) is 40.0 Å². The normalized spacial score (nSPS) is 22.9. The fraction of sp³-hybridized carbons (Fsp3) is 0.800. The first-order valence-electron chi connectivity index (χ1n) is 5.11. The summed E-state index contributed by atoms with van der Waals surface area (Å²) in [6, 6.07) is 0. The highest BCUT2D eigenvalue weighted by Gasteiger charge is 2.27. The Balaban J connectivity index is 2.47. The summed E-state index contributed by atoms with van der Waals surface area (Å²) in [4.78, 5) is 0. The Morgan fingerprint density at radius 1 is 1.43 bits per heavy atom. The molecule has 0 saturated carbocycles. The standard InChI is InChI=1S/C10H19BO3/c1-10(2,3)8-4-6-9(7-5-8)14-11(12)13/h6,8,12-13H,4-5,7H2,1-3H3. The fourth-order valence-electron chi connectivity index (χ4n) is 1.84. The van der Waals surface area contributed by atoms with E-state index in [1.807, 2.05) is 6.08 Å². The van der Waals surface area contributed by atoms with Crippen molar-refractivity contribution < 1.29 is 14.7 Å². The lowest BCUT2D eigenvalue weighted by atomic mass is 9.74. The van der Waals surface area contributed by atoms with Crippen LogP contribution in [0.5, 0.6) is 0 Å². The molecular weight excluding hydrogens is 179 g/mol. The van der Waals surface area contributed by atoms with Crippen molar-refractivity contribution in [2.24, 2.45) is 11.3 Å². The number of allylic oxidation sites excluding steroid dienone is 2. The molecule has 0 aromatic carbocycles. The van der Waals surface area contributed by atoms with Crippen LogP contribution in [0.25, 0.3) is 0 Å². The van der Waals surface area contributed by atoms with Crippen LogP contribution in [0.2, 0.25) is 0 Å². The second kappa shape index (κ2) is 4.36. The molecule has 0 aliphatic heterocycles. The van der Waals surface area contributed by atoms with Crippen molar-refractivity contribution in [1.29, 1.82) is 0 Å². The van der Waals surface area contributed by atoms with Gasteiger partial charge in [0.1, 0.15) is 0 Å². The van der Waals surface area contributed by atoms with E-state index in [2.05, 4.69) is 20.8 Å². The van der Waals surface area contributed by atoms with Gasteiger partial charge in [-0.05, 0) is 30.3 Å². The molecule has 0 bridgehead atoms. The minimum absolute atomic E-state index is 0.319. The van der Waals surface area contributed by atoms with Crippen LogP contribution in [0.3, 0.4) is 0 Å². The van der Waals surface area contributed by atoms with E-state index >= 15 is 0 Å². The lowest BCUT2D eigenvalue weighted by Gasteiger charge is -2.33. The van der Waals surface area contributed by atoms with Gasteiger partial charge in [0.05, 0.1) is 5.76 Å². The highest BCUT2D eigenvalue weighted by Crippen LogP contribution is 2.37. The molecule has 0 heterocycles. The van der Waals surface area contributed by atoms with Crippen molar-refractivity contribution >= 4 is 7.32 Å². The van der Waals surface area contributed by atoms with E-state index in [1.165, 1.54) is 0 Å². The minimum Gasteiger partial charge on any atom is -0.516 e. The molecule has 3 nitrogen and oxygen atoms in total. The summed E-state index contributed by atoms with van der Waals surface area (Å²) in [7, 11) is -1.67. The van der Waals surface area contributed by atoms with E-state index in [0.717, 1.165) is 19.3 Å². The maximum absolute atomic E-state index is 8.62. The third-order valence-electron chi connectivity index (χ3n) is 2.85. The zero-order valence-corrected chi connectivity index (χ0v) is 9.16. The first-order chi connectivity index (χ1) is 6.39. The van der Waals surface area contributed by atoms with Crippen molar-refractivity contribution in [3.63, 3.8) is 0 Å². The molecule has 14 heavy (non-hydrogen) atoms. The SMILES string of the molecule is CC(C)(C)C1CC=C(OB(O)O)CC1. The smallest absolute Gasteiger partial charge is 0.516 e. The second-order valence-corrected chi connectivity index (χ2v) is 4.95. The minimum atomic E-state index is -1.67. The Bertz CT molecular complexity index is 218. The average molecular weight is 198 g/mol. The molecule has 1 aliphatic rings. The lowest BCUT2D eigenvalue weighted by Crippen LogP contribution is -2.24. The van der Waals surface area contributed by atoms with Crippen LogP contribution in [0.15, 0.2) is 11.8 Å². The van der Waals surface area contributed by atoms with Crippen molar-refractivity contribution in [3.05, 3.63) is 11.8 Å². The van der Waals surface area contributed by atoms with Crippen LogP contribution in [0.4, 0.5) is 0 Å². The summed E-state index contributed by atoms with van der Waals surface area (Å²) < 4.78 is 4.82. The largest absolute Gasteiger partial charge is 0.707 e. The van der Waals surface area contributed by atoms with Crippen LogP contribution in [0, 0.1) is 11.3 Å². The highest BCUT2D eigenvalue weighted by atomic mass is 16.6. The number of hydrogen-bond acceptors (Lipinski definition) is 3. The van der Waals surface area contributed by atoms with Gasteiger partial charge in [-0.15, -0.1) is 0 Å². The summed E-state index contributed by atoms with van der Waals surface area (Å²) in [5.74, 6) is 1.37. The lowest BCUT2D eigenvalue weighted by molar-refractivity contribution is 0.184. The molecule has 0 saturated heterocycles. The molecule has 0 aromatic rings. The van der Waals surface area contributed by atoms with Crippen LogP contribution >= 0.6 is 0 Å². The van der Waals surface area contributed by atoms with Gasteiger partial charge in [-0.3, -0.25) is 0 Å². The van der Waals surface area contributed by atoms with Gasteiger partial charge in [-0.2, -0.15) is 0 Å². The Morgan fingerprint density at radius 3 is 2.43 bits per heavy atom. The van der Waals surface area contributed by atoms with Gasteiger partial charge < -0.3 is 14.7 Å². The number of hydrogen-bond donors (Lipinski definition) is 2. The summed E-state index contributed by atoms with van der Waals surface area (Å²) in [5.41, 5.74) is 0.319. The summed E-state index contributed by atoms with van der Waals surface area (Å²) in [6.45, 7) is 6.70. The topological polar surface area (TPSA) is 49.7 Å². The zero-order chi connectivity index (χ0) is 10.8. The first kappa shape index (κ1) is 11.6. The Hall–Kier alpha value is -0.475. The van der Waals surface area contributed by atoms with E-state index < -0.39 is 7.32 Å². The molecule has 0 aromatic heterocycles. The van der Waals surface area contributed by atoms with E-state index in [4.69, 9.17) is 14.7 Å². The predicted molar refractivity (Wildman–Crippen MR) is 56.2 cm³/mol. The Kier molecular flexibility index (Phi) is 3.62. The maximum Gasteiger partial charge on any atom is 0.707 e. The van der Waals surface area contributed by atoms with E-state index in [-0.39, 0.29) is 0 Å². The summed E-state index contributed by atoms with van der Waals surface area (Å²) in [5, 5.41) is 17.2. The van der Waals surface area contributed by atoms with Crippen LogP contribution < -0.4 is 0 Å².